The van der Waals surface area contributed by atoms with Crippen molar-refractivity contribution in [1.29, 1.82) is 0 Å². The molecule has 1 nitrogen and oxygen atoms in total. The normalized spacial score (nSPS) is 18.2. The molecule has 0 saturated heterocycles. The number of benzene rings is 1. The highest BCUT2D eigenvalue weighted by Crippen LogP contribution is 2.85. The number of rotatable bonds is 3. The molecule has 0 unspecified atom stereocenters. The third kappa shape index (κ3) is 4.93. The Morgan fingerprint density at radius 3 is 1.38 bits per heavy atom. The van der Waals surface area contributed by atoms with Crippen molar-refractivity contribution in [3.63, 3.8) is 0 Å². The van der Waals surface area contributed by atoms with Gasteiger partial charge in [0.1, 0.15) is 0 Å². The molecule has 1 aliphatic heterocycles. The van der Waals surface area contributed by atoms with Crippen LogP contribution in [0.25, 0.3) is 0 Å². The second-order valence-electron chi connectivity index (χ2n) is 12.4. The first-order valence-electron chi connectivity index (χ1n) is 11.1. The Hall–Kier alpha value is -0.380. The molecule has 0 bridgehead atoms. The van der Waals surface area contributed by atoms with Crippen molar-refractivity contribution in [1.82, 2.24) is 0 Å². The van der Waals surface area contributed by atoms with Crippen molar-refractivity contribution in [2.45, 2.75) is 115 Å². The van der Waals surface area contributed by atoms with Gasteiger partial charge in [-0.15, -0.1) is 0 Å². The molecule has 0 aromatic heterocycles. The molecule has 1 aromatic carbocycles. The van der Waals surface area contributed by atoms with Gasteiger partial charge in [0.25, 0.3) is 0 Å². The third-order valence-electron chi connectivity index (χ3n) is 5.47. The Kier molecular flexibility index (Phi) is 6.82. The standard InChI is InChI=1S/C26H45NP2/c1-22(2,3)28(23(4,5)6)26(29(24(7,8)9)25(10,11)12)19-16-20-27(26)21-17-14-13-15-18-21/h13-18,20H,19H2,1-12H3. The monoisotopic (exact) mass is 433 g/mol. The number of para-hydroxylation sites is 1. The summed E-state index contributed by atoms with van der Waals surface area (Å²) < 4.78 is 0. The highest BCUT2D eigenvalue weighted by molar-refractivity contribution is 7.80. The van der Waals surface area contributed by atoms with Crippen molar-refractivity contribution in [3.05, 3.63) is 42.6 Å². The van der Waals surface area contributed by atoms with E-state index in [-0.39, 0.29) is 41.5 Å². The quantitative estimate of drug-likeness (QED) is 0.429. The van der Waals surface area contributed by atoms with Gasteiger partial charge in [0, 0.05) is 11.9 Å². The minimum atomic E-state index is -0.367. The van der Waals surface area contributed by atoms with Crippen LogP contribution in [-0.2, 0) is 0 Å². The fourth-order valence-electron chi connectivity index (χ4n) is 6.07. The highest BCUT2D eigenvalue weighted by Gasteiger charge is 2.62. The van der Waals surface area contributed by atoms with Crippen LogP contribution >= 0.6 is 15.8 Å². The van der Waals surface area contributed by atoms with Crippen LogP contribution < -0.4 is 4.90 Å². The molecule has 0 radical (unpaired) electrons. The Labute approximate surface area is 184 Å². The van der Waals surface area contributed by atoms with Gasteiger partial charge in [-0.05, 0) is 39.2 Å². The van der Waals surface area contributed by atoms with Crippen molar-refractivity contribution >= 4 is 21.5 Å². The Morgan fingerprint density at radius 2 is 1.03 bits per heavy atom. The topological polar surface area (TPSA) is 3.24 Å². The lowest BCUT2D eigenvalue weighted by Gasteiger charge is -2.64. The molecule has 2 rings (SSSR count). The Bertz CT molecular complexity index is 648. The second-order valence-corrected chi connectivity index (χ2v) is 21.0. The predicted octanol–water partition coefficient (Wildman–Crippen LogP) is 9.22. The number of nitrogens with zero attached hydrogens (tertiary/aromatic N) is 1. The summed E-state index contributed by atoms with van der Waals surface area (Å²) in [6.45, 7) is 29.9. The molecule has 0 fully saturated rings. The summed E-state index contributed by atoms with van der Waals surface area (Å²) in [4.78, 5) is 2.72. The minimum Gasteiger partial charge on any atom is -0.334 e. The maximum Gasteiger partial charge on any atom is 0.0882 e. The van der Waals surface area contributed by atoms with E-state index in [1.54, 1.807) is 0 Å². The summed E-state index contributed by atoms with van der Waals surface area (Å²) in [5.41, 5.74) is 1.35. The summed E-state index contributed by atoms with van der Waals surface area (Å²) in [6.07, 6.45) is 6.03. The van der Waals surface area contributed by atoms with E-state index in [1.165, 1.54) is 5.69 Å². The molecule has 0 atom stereocenters. The van der Waals surface area contributed by atoms with Gasteiger partial charge in [0.05, 0.1) is 5.02 Å². The van der Waals surface area contributed by atoms with Crippen LogP contribution in [0.5, 0.6) is 0 Å². The van der Waals surface area contributed by atoms with Crippen LogP contribution in [0.2, 0.25) is 0 Å². The first kappa shape index (κ1) is 24.9. The molecule has 0 spiro atoms. The van der Waals surface area contributed by atoms with Crippen LogP contribution in [0, 0.1) is 0 Å². The maximum atomic E-state index is 2.72. The van der Waals surface area contributed by atoms with Gasteiger partial charge in [-0.2, -0.15) is 0 Å². The van der Waals surface area contributed by atoms with Gasteiger partial charge in [-0.1, -0.05) is 123 Å². The van der Waals surface area contributed by atoms with E-state index < -0.39 is 0 Å². The van der Waals surface area contributed by atoms with E-state index in [0.717, 1.165) is 6.42 Å². The maximum absolute atomic E-state index is 2.72. The molecule has 0 N–H and O–H groups in total. The lowest BCUT2D eigenvalue weighted by molar-refractivity contribution is 0.627. The molecule has 29 heavy (non-hydrogen) atoms. The molecule has 164 valence electrons. The SMILES string of the molecule is CC(C)(C)P(C(C)(C)C)C1(P(C(C)(C)C)C(C)(C)C)CC=CN1c1ccccc1. The molecule has 1 aromatic rings. The molecule has 0 amide bonds. The van der Waals surface area contributed by atoms with E-state index in [4.69, 9.17) is 0 Å². The zero-order chi connectivity index (χ0) is 22.5. The van der Waals surface area contributed by atoms with E-state index in [0.29, 0.717) is 0 Å². The number of anilines is 1. The summed E-state index contributed by atoms with van der Waals surface area (Å²) in [5, 5.41) is 1.15. The van der Waals surface area contributed by atoms with Gasteiger partial charge in [0.2, 0.25) is 0 Å². The van der Waals surface area contributed by atoms with Crippen LogP contribution in [0.1, 0.15) is 89.5 Å². The fraction of sp³-hybridized carbons (Fsp3) is 0.692. The zero-order valence-electron chi connectivity index (χ0n) is 21.1. The molecule has 0 aliphatic carbocycles. The predicted molar refractivity (Wildman–Crippen MR) is 138 cm³/mol. The molecule has 3 heteroatoms. The Morgan fingerprint density at radius 1 is 0.655 bits per heavy atom. The molecule has 1 aliphatic rings. The highest BCUT2D eigenvalue weighted by atomic mass is 31.2. The van der Waals surface area contributed by atoms with Gasteiger partial charge in [-0.25, -0.2) is 0 Å². The first-order chi connectivity index (χ1) is 12.9. The van der Waals surface area contributed by atoms with Crippen LogP contribution in [-0.4, -0.2) is 25.6 Å². The third-order valence-corrected chi connectivity index (χ3v) is 14.3. The second kappa shape index (κ2) is 7.95. The summed E-state index contributed by atoms with van der Waals surface area (Å²) in [6, 6.07) is 11.1. The lowest BCUT2D eigenvalue weighted by Crippen LogP contribution is -2.53. The van der Waals surface area contributed by atoms with Crippen molar-refractivity contribution < 1.29 is 0 Å². The van der Waals surface area contributed by atoms with E-state index >= 15 is 0 Å². The molecular weight excluding hydrogens is 388 g/mol. The molecule has 0 saturated carbocycles. The van der Waals surface area contributed by atoms with Crippen molar-refractivity contribution in [3.8, 4) is 0 Å². The molecule has 1 heterocycles. The van der Waals surface area contributed by atoms with Crippen molar-refractivity contribution in [2.24, 2.45) is 0 Å². The summed E-state index contributed by atoms with van der Waals surface area (Å²) >= 11 is 0. The zero-order valence-corrected chi connectivity index (χ0v) is 22.9. The van der Waals surface area contributed by atoms with Gasteiger partial charge in [0.15, 0.2) is 0 Å². The first-order valence-corrected chi connectivity index (χ1v) is 13.7. The Balaban J connectivity index is 2.92. The van der Waals surface area contributed by atoms with E-state index in [1.807, 2.05) is 0 Å². The van der Waals surface area contributed by atoms with Crippen LogP contribution in [0.3, 0.4) is 0 Å². The average Bonchev–Trinajstić information content (AvgIpc) is 2.85. The summed E-state index contributed by atoms with van der Waals surface area (Å²) in [7, 11) is -0.734. The van der Waals surface area contributed by atoms with E-state index in [2.05, 4.69) is 131 Å². The summed E-state index contributed by atoms with van der Waals surface area (Å²) in [5.74, 6) is 0. The van der Waals surface area contributed by atoms with Gasteiger partial charge in [-0.3, -0.25) is 0 Å². The largest absolute Gasteiger partial charge is 0.334 e. The lowest BCUT2D eigenvalue weighted by atomic mass is 10.2. The van der Waals surface area contributed by atoms with Gasteiger partial charge >= 0.3 is 0 Å². The fourth-order valence-corrected chi connectivity index (χ4v) is 20.2. The average molecular weight is 434 g/mol. The van der Waals surface area contributed by atoms with E-state index in [9.17, 15) is 0 Å². The minimum absolute atomic E-state index is 0.138. The van der Waals surface area contributed by atoms with Gasteiger partial charge < -0.3 is 4.90 Å². The van der Waals surface area contributed by atoms with Crippen molar-refractivity contribution in [2.75, 3.05) is 4.90 Å². The van der Waals surface area contributed by atoms with Crippen LogP contribution in [0.4, 0.5) is 5.69 Å². The smallest absolute Gasteiger partial charge is 0.0882 e. The van der Waals surface area contributed by atoms with Crippen LogP contribution in [0.15, 0.2) is 42.6 Å². The number of hydrogen-bond acceptors (Lipinski definition) is 1. The molecular formula is C26H45NP2. The number of hydrogen-bond donors (Lipinski definition) is 0.